The molecule has 1 fully saturated rings. The minimum atomic E-state index is -0.537. The molecule has 6 heteroatoms. The van der Waals surface area contributed by atoms with E-state index < -0.39 is 5.82 Å². The molecule has 5 nitrogen and oxygen atoms in total. The van der Waals surface area contributed by atoms with Gasteiger partial charge in [0.05, 0.1) is 6.61 Å². The number of fused-ring (bicyclic) bond motifs is 1. The fourth-order valence-corrected chi connectivity index (χ4v) is 4.06. The van der Waals surface area contributed by atoms with E-state index >= 15 is 0 Å². The Kier molecular flexibility index (Phi) is 14.0. The van der Waals surface area contributed by atoms with Gasteiger partial charge >= 0.3 is 0 Å². The number of ether oxygens (including phenoxy) is 2. The van der Waals surface area contributed by atoms with Gasteiger partial charge in [-0.25, -0.2) is 4.39 Å². The molecule has 2 aliphatic rings. The van der Waals surface area contributed by atoms with Gasteiger partial charge in [0.25, 0.3) is 0 Å². The van der Waals surface area contributed by atoms with Crippen molar-refractivity contribution in [1.82, 2.24) is 4.90 Å². The van der Waals surface area contributed by atoms with Crippen LogP contribution in [0.5, 0.6) is 23.0 Å². The zero-order valence-electron chi connectivity index (χ0n) is 22.4. The van der Waals surface area contributed by atoms with Crippen LogP contribution in [0.2, 0.25) is 0 Å². The van der Waals surface area contributed by atoms with E-state index in [2.05, 4.69) is 4.90 Å². The molecular weight excluding hydrogens is 469 g/mol. The van der Waals surface area contributed by atoms with Crippen LogP contribution in [0, 0.1) is 5.82 Å². The first kappa shape index (κ1) is 30.0. The third-order valence-electron chi connectivity index (χ3n) is 6.04. The Bertz CT molecular complexity index is 995. The Morgan fingerprint density at radius 2 is 1.51 bits per heavy atom. The molecule has 37 heavy (non-hydrogen) atoms. The molecule has 2 heterocycles. The molecule has 3 aromatic rings. The number of piperidine rings is 1. The number of benzene rings is 3. The van der Waals surface area contributed by atoms with Crippen molar-refractivity contribution in [2.45, 2.75) is 52.4 Å². The molecular formula is C31H42FNO4. The van der Waals surface area contributed by atoms with Crippen LogP contribution >= 0.6 is 0 Å². The molecule has 0 saturated carbocycles. The summed E-state index contributed by atoms with van der Waals surface area (Å²) in [6, 6.07) is 21.7. The lowest BCUT2D eigenvalue weighted by atomic mass is 9.94. The quantitative estimate of drug-likeness (QED) is 0.382. The molecule has 0 bridgehead atoms. The lowest BCUT2D eigenvalue weighted by Crippen LogP contribution is -2.33. The van der Waals surface area contributed by atoms with Gasteiger partial charge in [0.15, 0.2) is 11.6 Å². The summed E-state index contributed by atoms with van der Waals surface area (Å²) in [7, 11) is 0. The van der Waals surface area contributed by atoms with Gasteiger partial charge in [-0.2, -0.15) is 0 Å². The maximum atomic E-state index is 13.4. The highest BCUT2D eigenvalue weighted by molar-refractivity contribution is 5.44. The third-order valence-corrected chi connectivity index (χ3v) is 6.04. The van der Waals surface area contributed by atoms with E-state index in [0.29, 0.717) is 23.7 Å². The number of para-hydroxylation sites is 2. The third kappa shape index (κ3) is 10.7. The molecule has 2 aliphatic heterocycles. The van der Waals surface area contributed by atoms with Crippen molar-refractivity contribution in [1.29, 1.82) is 0 Å². The normalized spacial score (nSPS) is 16.2. The summed E-state index contributed by atoms with van der Waals surface area (Å²) in [6.07, 6.45) is 4.90. The lowest BCUT2D eigenvalue weighted by molar-refractivity contribution is 0.183. The first-order chi connectivity index (χ1) is 18.0. The van der Waals surface area contributed by atoms with Crippen LogP contribution in [0.3, 0.4) is 0 Å². The minimum absolute atomic E-state index is 0.121. The van der Waals surface area contributed by atoms with Gasteiger partial charge < -0.3 is 19.7 Å². The van der Waals surface area contributed by atoms with Crippen molar-refractivity contribution >= 4 is 0 Å². The fourth-order valence-electron chi connectivity index (χ4n) is 4.06. The molecule has 1 atom stereocenters. The van der Waals surface area contributed by atoms with Gasteiger partial charge in [-0.1, -0.05) is 63.6 Å². The number of hydrogen-bond donors (Lipinski definition) is 2. The monoisotopic (exact) mass is 511 g/mol. The van der Waals surface area contributed by atoms with Gasteiger partial charge in [0.1, 0.15) is 23.9 Å². The van der Waals surface area contributed by atoms with Gasteiger partial charge in [-0.3, -0.25) is 4.90 Å². The van der Waals surface area contributed by atoms with Gasteiger partial charge in [-0.05, 0) is 74.7 Å². The average Bonchev–Trinajstić information content (AvgIpc) is 2.94. The highest BCUT2D eigenvalue weighted by Crippen LogP contribution is 2.38. The van der Waals surface area contributed by atoms with Crippen molar-refractivity contribution in [3.8, 4) is 23.0 Å². The number of rotatable bonds is 4. The molecule has 5 rings (SSSR count). The van der Waals surface area contributed by atoms with Crippen LogP contribution in [0.1, 0.15) is 57.9 Å². The molecule has 1 saturated heterocycles. The molecule has 0 amide bonds. The second-order valence-corrected chi connectivity index (χ2v) is 8.75. The molecule has 0 aromatic heterocycles. The summed E-state index contributed by atoms with van der Waals surface area (Å²) in [5.74, 6) is 1.16. The zero-order chi connectivity index (χ0) is 26.9. The number of hydrogen-bond acceptors (Lipinski definition) is 5. The van der Waals surface area contributed by atoms with Crippen LogP contribution in [0.15, 0.2) is 72.8 Å². The predicted molar refractivity (Wildman–Crippen MR) is 148 cm³/mol. The summed E-state index contributed by atoms with van der Waals surface area (Å²) < 4.78 is 24.3. The van der Waals surface area contributed by atoms with Crippen LogP contribution in [0.4, 0.5) is 4.39 Å². The maximum absolute atomic E-state index is 13.4. The molecule has 2 N–H and O–H groups in total. The topological polar surface area (TPSA) is 62.2 Å². The van der Waals surface area contributed by atoms with Crippen molar-refractivity contribution in [3.05, 3.63) is 84.2 Å². The van der Waals surface area contributed by atoms with Gasteiger partial charge in [-0.15, -0.1) is 0 Å². The van der Waals surface area contributed by atoms with E-state index in [1.165, 1.54) is 38.4 Å². The van der Waals surface area contributed by atoms with Crippen molar-refractivity contribution in [3.63, 3.8) is 0 Å². The van der Waals surface area contributed by atoms with Crippen LogP contribution < -0.4 is 9.47 Å². The smallest absolute Gasteiger partial charge is 0.171 e. The highest BCUT2D eigenvalue weighted by Gasteiger charge is 2.23. The van der Waals surface area contributed by atoms with E-state index in [0.717, 1.165) is 25.3 Å². The first-order valence-electron chi connectivity index (χ1n) is 13.3. The second-order valence-electron chi connectivity index (χ2n) is 8.75. The van der Waals surface area contributed by atoms with Gasteiger partial charge in [0, 0.05) is 12.1 Å². The Hall–Kier alpha value is -3.25. The van der Waals surface area contributed by atoms with E-state index in [-0.39, 0.29) is 11.7 Å². The Balaban J connectivity index is 0.000000199. The fraction of sp³-hybridized carbons (Fsp3) is 0.419. The summed E-state index contributed by atoms with van der Waals surface area (Å²) in [5.41, 5.74) is 0.506. The maximum Gasteiger partial charge on any atom is 0.171 e. The molecule has 0 spiro atoms. The number of phenolic OH excluding ortho intramolecular Hbond substituents is 2. The summed E-state index contributed by atoms with van der Waals surface area (Å²) in [6.45, 7) is 10.9. The SMILES string of the molecule is CC.C[C@H]1CCOc2ccc(O)c(F)c21.Oc1ccccc1.c1ccc(OCCN2CCCCC2)cc1. The second kappa shape index (κ2) is 17.2. The minimum Gasteiger partial charge on any atom is -0.508 e. The van der Waals surface area contributed by atoms with Crippen LogP contribution in [-0.4, -0.2) is 48.0 Å². The zero-order valence-corrected chi connectivity index (χ0v) is 22.4. The predicted octanol–water partition coefficient (Wildman–Crippen LogP) is 7.39. The van der Waals surface area contributed by atoms with E-state index in [4.69, 9.17) is 19.7 Å². The lowest BCUT2D eigenvalue weighted by Gasteiger charge is -2.26. The molecule has 202 valence electrons. The Morgan fingerprint density at radius 1 is 0.892 bits per heavy atom. The highest BCUT2D eigenvalue weighted by atomic mass is 19.1. The number of phenols is 2. The molecule has 3 aromatic carbocycles. The standard InChI is InChI=1S/C13H19NO.C10H11FO2.C6H6O.C2H6/c1-3-7-13(8-4-1)15-12-11-14-9-5-2-6-10-14;1-6-4-5-13-8-3-2-7(12)10(11)9(6)8;7-6-4-2-1-3-5-6;1-2/h1,3-4,7-8H,2,5-6,9-12H2;2-3,6,12H,4-5H2,1H3;1-5,7H;1-2H3/t;6-;;/m.0../s1. The van der Waals surface area contributed by atoms with Crippen LogP contribution in [0.25, 0.3) is 0 Å². The molecule has 0 radical (unpaired) electrons. The van der Waals surface area contributed by atoms with Crippen molar-refractivity contribution in [2.24, 2.45) is 0 Å². The number of nitrogens with zero attached hydrogens (tertiary/aromatic N) is 1. The van der Waals surface area contributed by atoms with E-state index in [1.54, 1.807) is 30.3 Å². The molecule has 0 aliphatic carbocycles. The van der Waals surface area contributed by atoms with E-state index in [1.807, 2.05) is 57.2 Å². The summed E-state index contributed by atoms with van der Waals surface area (Å²) in [4.78, 5) is 2.49. The summed E-state index contributed by atoms with van der Waals surface area (Å²) >= 11 is 0. The molecule has 0 unspecified atom stereocenters. The van der Waals surface area contributed by atoms with Gasteiger partial charge in [0.2, 0.25) is 0 Å². The largest absolute Gasteiger partial charge is 0.508 e. The number of likely N-dealkylation sites (tertiary alicyclic amines) is 1. The number of aromatic hydroxyl groups is 2. The first-order valence-corrected chi connectivity index (χ1v) is 13.3. The summed E-state index contributed by atoms with van der Waals surface area (Å²) in [5, 5.41) is 17.8. The van der Waals surface area contributed by atoms with Crippen LogP contribution in [-0.2, 0) is 0 Å². The van der Waals surface area contributed by atoms with Crippen molar-refractivity contribution < 1.29 is 24.1 Å². The average molecular weight is 512 g/mol. The number of halogens is 1. The van der Waals surface area contributed by atoms with E-state index in [9.17, 15) is 4.39 Å². The Morgan fingerprint density at radius 3 is 2.11 bits per heavy atom. The van der Waals surface area contributed by atoms with Crippen molar-refractivity contribution in [2.75, 3.05) is 32.8 Å². The Labute approximate surface area is 221 Å².